The van der Waals surface area contributed by atoms with Gasteiger partial charge in [-0.2, -0.15) is 0 Å². The van der Waals surface area contributed by atoms with Crippen LogP contribution in [0.5, 0.6) is 0 Å². The van der Waals surface area contributed by atoms with Gasteiger partial charge in [-0.25, -0.2) is 13.2 Å². The number of amides is 1. The highest BCUT2D eigenvalue weighted by molar-refractivity contribution is 5.93. The van der Waals surface area contributed by atoms with Crippen LogP contribution in [-0.2, 0) is 14.3 Å². The summed E-state index contributed by atoms with van der Waals surface area (Å²) in [6, 6.07) is 10.6. The number of nitrogens with one attached hydrogen (secondary N) is 1. The van der Waals surface area contributed by atoms with Crippen LogP contribution < -0.4 is 5.32 Å². The van der Waals surface area contributed by atoms with Gasteiger partial charge >= 0.3 is 5.97 Å². The van der Waals surface area contributed by atoms with Crippen molar-refractivity contribution < 1.29 is 27.5 Å². The van der Waals surface area contributed by atoms with Crippen LogP contribution in [0.4, 0.5) is 18.9 Å². The summed E-state index contributed by atoms with van der Waals surface area (Å²) >= 11 is 0. The molecule has 1 amide bonds. The molecule has 0 saturated heterocycles. The molecule has 4 nitrogen and oxygen atoms in total. The van der Waals surface area contributed by atoms with Gasteiger partial charge in [-0.05, 0) is 23.6 Å². The van der Waals surface area contributed by atoms with Crippen molar-refractivity contribution in [2.45, 2.75) is 26.2 Å². The van der Waals surface area contributed by atoms with Gasteiger partial charge in [0.25, 0.3) is 5.91 Å². The Morgan fingerprint density at radius 3 is 2.33 bits per heavy atom. The van der Waals surface area contributed by atoms with Gasteiger partial charge in [-0.15, -0.1) is 0 Å². The summed E-state index contributed by atoms with van der Waals surface area (Å²) in [5.41, 5.74) is 0.236. The van der Waals surface area contributed by atoms with E-state index < -0.39 is 47.5 Å². The zero-order chi connectivity index (χ0) is 20.0. The first-order valence-electron chi connectivity index (χ1n) is 8.50. The fourth-order valence-corrected chi connectivity index (χ4v) is 2.63. The van der Waals surface area contributed by atoms with E-state index >= 15 is 0 Å². The molecule has 2 aromatic rings. The number of carbonyl (C=O) groups is 2. The standard InChI is InChI=1S/C20H20F3NO3/c1-3-12(2)17(13-7-5-4-6-8-13)20(26)27-11-16(25)24-15-10-9-14(21)18(22)19(15)23/h4-10,12,17H,3,11H2,1-2H3,(H,24,25)/t12-,17+/m0/s1. The Hall–Kier alpha value is -2.83. The summed E-state index contributed by atoms with van der Waals surface area (Å²) in [6.07, 6.45) is 0.723. The van der Waals surface area contributed by atoms with Gasteiger partial charge in [0.1, 0.15) is 0 Å². The molecule has 27 heavy (non-hydrogen) atoms. The van der Waals surface area contributed by atoms with Gasteiger partial charge in [-0.3, -0.25) is 9.59 Å². The van der Waals surface area contributed by atoms with Crippen molar-refractivity contribution in [1.29, 1.82) is 0 Å². The molecule has 0 aliphatic carbocycles. The zero-order valence-electron chi connectivity index (χ0n) is 15.0. The van der Waals surface area contributed by atoms with Gasteiger partial charge in [0, 0.05) is 0 Å². The van der Waals surface area contributed by atoms with Crippen molar-refractivity contribution in [3.05, 3.63) is 65.5 Å². The van der Waals surface area contributed by atoms with Gasteiger partial charge in [0.15, 0.2) is 24.1 Å². The Labute approximate surface area is 155 Å². The summed E-state index contributed by atoms with van der Waals surface area (Å²) in [5.74, 6) is -6.59. The van der Waals surface area contributed by atoms with Crippen LogP contribution in [0.3, 0.4) is 0 Å². The first-order valence-corrected chi connectivity index (χ1v) is 8.50. The Morgan fingerprint density at radius 1 is 1.04 bits per heavy atom. The van der Waals surface area contributed by atoms with Crippen LogP contribution in [0.15, 0.2) is 42.5 Å². The Kier molecular flexibility index (Phi) is 6.98. The van der Waals surface area contributed by atoms with E-state index in [4.69, 9.17) is 4.74 Å². The Morgan fingerprint density at radius 2 is 1.70 bits per heavy atom. The molecule has 144 valence electrons. The number of carbonyl (C=O) groups excluding carboxylic acids is 2. The summed E-state index contributed by atoms with van der Waals surface area (Å²) in [7, 11) is 0. The molecule has 2 atom stereocenters. The Bertz CT molecular complexity index is 812. The third-order valence-corrected chi connectivity index (χ3v) is 4.28. The lowest BCUT2D eigenvalue weighted by Gasteiger charge is -2.21. The molecule has 0 unspecified atom stereocenters. The molecule has 0 spiro atoms. The molecule has 2 rings (SSSR count). The first kappa shape index (κ1) is 20.5. The number of esters is 1. The average Bonchev–Trinajstić information content (AvgIpc) is 2.67. The van der Waals surface area contributed by atoms with E-state index in [2.05, 4.69) is 5.32 Å². The molecule has 0 fully saturated rings. The number of rotatable bonds is 7. The minimum Gasteiger partial charge on any atom is -0.455 e. The number of hydrogen-bond acceptors (Lipinski definition) is 3. The van der Waals surface area contributed by atoms with Gasteiger partial charge in [0.2, 0.25) is 0 Å². The van der Waals surface area contributed by atoms with Crippen molar-refractivity contribution in [3.8, 4) is 0 Å². The van der Waals surface area contributed by atoms with E-state index in [1.54, 1.807) is 24.3 Å². The zero-order valence-corrected chi connectivity index (χ0v) is 15.0. The molecule has 1 N–H and O–H groups in total. The van der Waals surface area contributed by atoms with Crippen LogP contribution >= 0.6 is 0 Å². The van der Waals surface area contributed by atoms with Crippen LogP contribution in [0.2, 0.25) is 0 Å². The third kappa shape index (κ3) is 5.09. The molecule has 0 bridgehead atoms. The second-order valence-corrected chi connectivity index (χ2v) is 6.15. The molecule has 0 heterocycles. The topological polar surface area (TPSA) is 55.4 Å². The van der Waals surface area contributed by atoms with E-state index in [-0.39, 0.29) is 5.92 Å². The van der Waals surface area contributed by atoms with Gasteiger partial charge in [-0.1, -0.05) is 50.6 Å². The molecule has 0 aliphatic heterocycles. The maximum Gasteiger partial charge on any atom is 0.314 e. The highest BCUT2D eigenvalue weighted by atomic mass is 19.2. The van der Waals surface area contributed by atoms with Crippen LogP contribution in [-0.4, -0.2) is 18.5 Å². The summed E-state index contributed by atoms with van der Waals surface area (Å²) in [5, 5.41) is 2.06. The normalized spacial score (nSPS) is 12.9. The van der Waals surface area contributed by atoms with Gasteiger partial charge < -0.3 is 10.1 Å². The summed E-state index contributed by atoms with van der Waals surface area (Å²) in [4.78, 5) is 24.4. The number of anilines is 1. The predicted molar refractivity (Wildman–Crippen MR) is 94.5 cm³/mol. The number of hydrogen-bond donors (Lipinski definition) is 1. The number of ether oxygens (including phenoxy) is 1. The molecule has 7 heteroatoms. The van der Waals surface area contributed by atoms with E-state index in [1.807, 2.05) is 19.9 Å². The van der Waals surface area contributed by atoms with E-state index in [9.17, 15) is 22.8 Å². The third-order valence-electron chi connectivity index (χ3n) is 4.28. The van der Waals surface area contributed by atoms with E-state index in [0.717, 1.165) is 18.1 Å². The van der Waals surface area contributed by atoms with Crippen LogP contribution in [0, 0.1) is 23.4 Å². The number of halogens is 3. The average molecular weight is 379 g/mol. The minimum absolute atomic E-state index is 0.0217. The molecule has 0 aromatic heterocycles. The van der Waals surface area contributed by atoms with Crippen LogP contribution in [0.25, 0.3) is 0 Å². The van der Waals surface area contributed by atoms with Gasteiger partial charge in [0.05, 0.1) is 11.6 Å². The molecule has 0 radical (unpaired) electrons. The maximum atomic E-state index is 13.6. The van der Waals surface area contributed by atoms with Crippen LogP contribution in [0.1, 0.15) is 31.7 Å². The molecule has 0 aliphatic rings. The monoisotopic (exact) mass is 379 g/mol. The SMILES string of the molecule is CC[C@H](C)[C@@H](C(=O)OCC(=O)Nc1ccc(F)c(F)c1F)c1ccccc1. The van der Waals surface area contributed by atoms with Crippen molar-refractivity contribution in [3.63, 3.8) is 0 Å². The van der Waals surface area contributed by atoms with E-state index in [1.165, 1.54) is 0 Å². The molecule has 2 aromatic carbocycles. The maximum absolute atomic E-state index is 13.6. The smallest absolute Gasteiger partial charge is 0.314 e. The minimum atomic E-state index is -1.69. The highest BCUT2D eigenvalue weighted by Gasteiger charge is 2.28. The Balaban J connectivity index is 2.02. The highest BCUT2D eigenvalue weighted by Crippen LogP contribution is 2.28. The second kappa shape index (κ2) is 9.21. The lowest BCUT2D eigenvalue weighted by atomic mass is 9.86. The first-order chi connectivity index (χ1) is 12.8. The van der Waals surface area contributed by atoms with Crippen molar-refractivity contribution >= 4 is 17.6 Å². The van der Waals surface area contributed by atoms with E-state index in [0.29, 0.717) is 6.07 Å². The lowest BCUT2D eigenvalue weighted by molar-refractivity contribution is -0.150. The molecule has 0 saturated carbocycles. The van der Waals surface area contributed by atoms with Crippen molar-refractivity contribution in [1.82, 2.24) is 0 Å². The predicted octanol–water partition coefficient (Wildman–Crippen LogP) is 4.42. The summed E-state index contributed by atoms with van der Waals surface area (Å²) in [6.45, 7) is 3.17. The lowest BCUT2D eigenvalue weighted by Crippen LogP contribution is -2.27. The number of benzene rings is 2. The molecular formula is C20H20F3NO3. The second-order valence-electron chi connectivity index (χ2n) is 6.15. The summed E-state index contributed by atoms with van der Waals surface area (Å²) < 4.78 is 44.8. The molecular weight excluding hydrogens is 359 g/mol. The largest absolute Gasteiger partial charge is 0.455 e. The van der Waals surface area contributed by atoms with Crippen molar-refractivity contribution in [2.75, 3.05) is 11.9 Å². The quantitative estimate of drug-likeness (QED) is 0.573. The van der Waals surface area contributed by atoms with Crippen molar-refractivity contribution in [2.24, 2.45) is 5.92 Å². The fourth-order valence-electron chi connectivity index (χ4n) is 2.63. The fraction of sp³-hybridized carbons (Fsp3) is 0.300.